The van der Waals surface area contributed by atoms with Crippen molar-refractivity contribution in [3.05, 3.63) is 29.3 Å². The highest BCUT2D eigenvalue weighted by molar-refractivity contribution is 7.18. The average Bonchev–Trinajstić information content (AvgIpc) is 3.07. The van der Waals surface area contributed by atoms with Gasteiger partial charge in [-0.15, -0.1) is 11.3 Å². The smallest absolute Gasteiger partial charge is 0.199 e. The molecule has 98 valence electrons. The molecule has 3 aromatic rings. The molecular formula is C14H15N3OS. The summed E-state index contributed by atoms with van der Waals surface area (Å²) >= 11 is 1.72. The lowest BCUT2D eigenvalue weighted by molar-refractivity contribution is 0.578. The highest BCUT2D eigenvalue weighted by Gasteiger charge is 2.13. The van der Waals surface area contributed by atoms with E-state index in [0.717, 1.165) is 29.0 Å². The summed E-state index contributed by atoms with van der Waals surface area (Å²) in [5, 5.41) is 4.40. The monoisotopic (exact) mass is 273 g/mol. The molecule has 3 rings (SSSR count). The Morgan fingerprint density at radius 1 is 1.32 bits per heavy atom. The maximum Gasteiger partial charge on any atom is 0.199 e. The molecule has 0 atom stereocenters. The van der Waals surface area contributed by atoms with Crippen LogP contribution >= 0.6 is 11.3 Å². The van der Waals surface area contributed by atoms with Gasteiger partial charge in [0.25, 0.3) is 0 Å². The van der Waals surface area contributed by atoms with Crippen LogP contribution in [0.2, 0.25) is 0 Å². The van der Waals surface area contributed by atoms with E-state index in [4.69, 9.17) is 4.42 Å². The van der Waals surface area contributed by atoms with Crippen LogP contribution < -0.4 is 5.32 Å². The molecule has 0 aliphatic carbocycles. The number of fused-ring (bicyclic) bond motifs is 1. The second kappa shape index (κ2) is 5.01. The molecule has 0 unspecified atom stereocenters. The van der Waals surface area contributed by atoms with Crippen LogP contribution in [0, 0.1) is 0 Å². The van der Waals surface area contributed by atoms with E-state index >= 15 is 0 Å². The second-order valence-corrected chi connectivity index (χ2v) is 5.30. The van der Waals surface area contributed by atoms with Crippen LogP contribution in [0.5, 0.6) is 0 Å². The number of furan rings is 1. The van der Waals surface area contributed by atoms with Gasteiger partial charge in [-0.2, -0.15) is 0 Å². The van der Waals surface area contributed by atoms with Crippen molar-refractivity contribution in [2.75, 3.05) is 11.9 Å². The normalized spacial score (nSPS) is 11.1. The minimum atomic E-state index is 0.637. The van der Waals surface area contributed by atoms with Crippen molar-refractivity contribution < 1.29 is 4.42 Å². The molecule has 4 nitrogen and oxygen atoms in total. The molecule has 5 heteroatoms. The van der Waals surface area contributed by atoms with Gasteiger partial charge in [0.05, 0.1) is 11.6 Å². The molecule has 0 aliphatic rings. The van der Waals surface area contributed by atoms with Crippen LogP contribution in [0.15, 0.2) is 28.9 Å². The number of aromatic nitrogens is 2. The van der Waals surface area contributed by atoms with Crippen LogP contribution in [-0.4, -0.2) is 16.5 Å². The van der Waals surface area contributed by atoms with Gasteiger partial charge in [-0.25, -0.2) is 9.97 Å². The SMILES string of the molecule is CCNc1nc(-c2ccco2)nc2sc(CC)cc12. The highest BCUT2D eigenvalue weighted by atomic mass is 32.1. The second-order valence-electron chi connectivity index (χ2n) is 4.19. The molecule has 0 saturated heterocycles. The van der Waals surface area contributed by atoms with Crippen molar-refractivity contribution in [2.45, 2.75) is 20.3 Å². The lowest BCUT2D eigenvalue weighted by atomic mass is 10.3. The van der Waals surface area contributed by atoms with Gasteiger partial charge in [-0.3, -0.25) is 0 Å². The fourth-order valence-electron chi connectivity index (χ4n) is 1.96. The van der Waals surface area contributed by atoms with E-state index in [1.54, 1.807) is 17.6 Å². The molecule has 1 N–H and O–H groups in total. The Labute approximate surface area is 115 Å². The largest absolute Gasteiger partial charge is 0.461 e. The molecule has 3 heterocycles. The van der Waals surface area contributed by atoms with Crippen LogP contribution in [0.25, 0.3) is 21.8 Å². The summed E-state index contributed by atoms with van der Waals surface area (Å²) in [6.07, 6.45) is 2.66. The molecule has 3 aromatic heterocycles. The first-order valence-electron chi connectivity index (χ1n) is 6.40. The van der Waals surface area contributed by atoms with Crippen LogP contribution in [0.3, 0.4) is 0 Å². The number of hydrogen-bond acceptors (Lipinski definition) is 5. The van der Waals surface area contributed by atoms with Gasteiger partial charge in [-0.05, 0) is 31.5 Å². The van der Waals surface area contributed by atoms with E-state index in [2.05, 4.69) is 35.2 Å². The molecule has 0 saturated carbocycles. The zero-order valence-electron chi connectivity index (χ0n) is 10.9. The molecule has 0 amide bonds. The summed E-state index contributed by atoms with van der Waals surface area (Å²) < 4.78 is 5.39. The predicted octanol–water partition coefficient (Wildman–Crippen LogP) is 3.95. The Morgan fingerprint density at radius 2 is 2.21 bits per heavy atom. The maximum atomic E-state index is 5.39. The van der Waals surface area contributed by atoms with Crippen molar-refractivity contribution in [3.8, 4) is 11.6 Å². The van der Waals surface area contributed by atoms with E-state index in [-0.39, 0.29) is 0 Å². The lowest BCUT2D eigenvalue weighted by Crippen LogP contribution is -2.01. The first-order chi connectivity index (χ1) is 9.31. The van der Waals surface area contributed by atoms with Crippen LogP contribution in [-0.2, 0) is 6.42 Å². The van der Waals surface area contributed by atoms with Gasteiger partial charge in [0.1, 0.15) is 10.6 Å². The van der Waals surface area contributed by atoms with Gasteiger partial charge < -0.3 is 9.73 Å². The fraction of sp³-hybridized carbons (Fsp3) is 0.286. The van der Waals surface area contributed by atoms with Crippen molar-refractivity contribution in [1.82, 2.24) is 9.97 Å². The number of aryl methyl sites for hydroxylation is 1. The Bertz CT molecular complexity index is 688. The number of thiophene rings is 1. The van der Waals surface area contributed by atoms with Crippen molar-refractivity contribution in [2.24, 2.45) is 0 Å². The van der Waals surface area contributed by atoms with E-state index in [0.29, 0.717) is 11.6 Å². The third-order valence-electron chi connectivity index (χ3n) is 2.88. The molecule has 0 aromatic carbocycles. The van der Waals surface area contributed by atoms with Crippen LogP contribution in [0.1, 0.15) is 18.7 Å². The topological polar surface area (TPSA) is 51.0 Å². The standard InChI is InChI=1S/C14H15N3OS/c1-3-9-8-10-12(15-4-2)16-13(17-14(10)19-9)11-6-5-7-18-11/h5-8H,3-4H2,1-2H3,(H,15,16,17). The van der Waals surface area contributed by atoms with Gasteiger partial charge in [0.15, 0.2) is 11.6 Å². The average molecular weight is 273 g/mol. The Kier molecular flexibility index (Phi) is 3.21. The molecule has 0 aliphatic heterocycles. The highest BCUT2D eigenvalue weighted by Crippen LogP contribution is 2.31. The van der Waals surface area contributed by atoms with Crippen molar-refractivity contribution >= 4 is 27.4 Å². The van der Waals surface area contributed by atoms with Gasteiger partial charge in [-0.1, -0.05) is 6.92 Å². The quantitative estimate of drug-likeness (QED) is 0.782. The molecule has 0 fully saturated rings. The summed E-state index contributed by atoms with van der Waals surface area (Å²) in [5.41, 5.74) is 0. The summed E-state index contributed by atoms with van der Waals surface area (Å²) in [7, 11) is 0. The van der Waals surface area contributed by atoms with E-state index in [9.17, 15) is 0 Å². The Hall–Kier alpha value is -1.88. The minimum Gasteiger partial charge on any atom is -0.461 e. The summed E-state index contributed by atoms with van der Waals surface area (Å²) in [5.74, 6) is 2.22. The van der Waals surface area contributed by atoms with Gasteiger partial charge >= 0.3 is 0 Å². The molecule has 19 heavy (non-hydrogen) atoms. The van der Waals surface area contributed by atoms with Crippen LogP contribution in [0.4, 0.5) is 5.82 Å². The fourth-order valence-corrected chi connectivity index (χ4v) is 2.93. The van der Waals surface area contributed by atoms with Gasteiger partial charge in [0.2, 0.25) is 0 Å². The number of hydrogen-bond donors (Lipinski definition) is 1. The third-order valence-corrected chi connectivity index (χ3v) is 4.05. The van der Waals surface area contributed by atoms with Crippen molar-refractivity contribution in [1.29, 1.82) is 0 Å². The summed E-state index contributed by atoms with van der Waals surface area (Å²) in [4.78, 5) is 11.5. The first-order valence-corrected chi connectivity index (χ1v) is 7.21. The zero-order valence-corrected chi connectivity index (χ0v) is 11.8. The van der Waals surface area contributed by atoms with Gasteiger partial charge in [0, 0.05) is 11.4 Å². The molecular weight excluding hydrogens is 258 g/mol. The summed E-state index contributed by atoms with van der Waals surface area (Å²) in [6.45, 7) is 5.05. The third kappa shape index (κ3) is 2.21. The van der Waals surface area contributed by atoms with E-state index in [1.165, 1.54) is 4.88 Å². The number of anilines is 1. The summed E-state index contributed by atoms with van der Waals surface area (Å²) in [6, 6.07) is 5.90. The predicted molar refractivity (Wildman–Crippen MR) is 78.7 cm³/mol. The maximum absolute atomic E-state index is 5.39. The van der Waals surface area contributed by atoms with E-state index in [1.807, 2.05) is 12.1 Å². The number of rotatable bonds is 4. The Morgan fingerprint density at radius 3 is 2.89 bits per heavy atom. The van der Waals surface area contributed by atoms with Crippen molar-refractivity contribution in [3.63, 3.8) is 0 Å². The van der Waals surface area contributed by atoms with E-state index < -0.39 is 0 Å². The minimum absolute atomic E-state index is 0.637. The lowest BCUT2D eigenvalue weighted by Gasteiger charge is -2.05. The molecule has 0 bridgehead atoms. The first kappa shape index (κ1) is 12.2. The Balaban J connectivity index is 2.20. The molecule has 0 radical (unpaired) electrons. The molecule has 0 spiro atoms. The number of nitrogens with one attached hydrogen (secondary N) is 1. The zero-order chi connectivity index (χ0) is 13.2. The number of nitrogens with zero attached hydrogens (tertiary/aromatic N) is 2.